The molecule has 1 amide bonds. The Kier molecular flexibility index (Phi) is 5.84. The molecule has 0 radical (unpaired) electrons. The molecule has 2 aliphatic rings. The van der Waals surface area contributed by atoms with E-state index < -0.39 is 0 Å². The highest BCUT2D eigenvalue weighted by Gasteiger charge is 2.45. The molecule has 0 spiro atoms. The highest BCUT2D eigenvalue weighted by molar-refractivity contribution is 7.19. The summed E-state index contributed by atoms with van der Waals surface area (Å²) < 4.78 is 13.8. The predicted molar refractivity (Wildman–Crippen MR) is 144 cm³/mol. The number of hydrogen-bond donors (Lipinski definition) is 0. The van der Waals surface area contributed by atoms with E-state index in [1.807, 2.05) is 49.1 Å². The lowest BCUT2D eigenvalue weighted by atomic mass is 9.82. The van der Waals surface area contributed by atoms with E-state index in [2.05, 4.69) is 29.2 Å². The minimum absolute atomic E-state index is 0.0959. The Morgan fingerprint density at radius 1 is 0.972 bits per heavy atom. The molecule has 2 atom stereocenters. The number of fused-ring (bicyclic) bond motifs is 1. The third-order valence-electron chi connectivity index (χ3n) is 7.45. The first kappa shape index (κ1) is 22.9. The van der Waals surface area contributed by atoms with Crippen LogP contribution in [0.25, 0.3) is 21.6 Å². The van der Waals surface area contributed by atoms with Crippen LogP contribution in [0, 0.1) is 25.6 Å². The van der Waals surface area contributed by atoms with E-state index in [0.717, 1.165) is 63.0 Å². The first-order valence-corrected chi connectivity index (χ1v) is 13.2. The number of piperidine rings is 1. The maximum atomic E-state index is 13.8. The second-order valence-corrected chi connectivity index (χ2v) is 10.8. The summed E-state index contributed by atoms with van der Waals surface area (Å²) >= 11 is 1.61. The normalized spacial score (nSPS) is 19.1. The van der Waals surface area contributed by atoms with E-state index in [1.54, 1.807) is 23.5 Å². The molecule has 1 aromatic heterocycles. The lowest BCUT2D eigenvalue weighted by molar-refractivity contribution is 0.0593. The van der Waals surface area contributed by atoms with Gasteiger partial charge in [-0.15, -0.1) is 0 Å². The summed E-state index contributed by atoms with van der Waals surface area (Å²) in [6.07, 6.45) is 1.00. The van der Waals surface area contributed by atoms with Crippen molar-refractivity contribution in [2.75, 3.05) is 24.5 Å². The van der Waals surface area contributed by atoms with Crippen LogP contribution in [0.5, 0.6) is 0 Å². The maximum Gasteiger partial charge on any atom is 0.254 e. The summed E-state index contributed by atoms with van der Waals surface area (Å²) in [4.78, 5) is 24.0. The number of amides is 1. The van der Waals surface area contributed by atoms with Gasteiger partial charge in [0, 0.05) is 31.1 Å². The SMILES string of the molecule is Cc1ccc(-c2ccccc2)c(C(=O)N2CCC3CN(c4nc(C)c(-c5cccc(F)c5)s4)C3C2)c1. The average molecular weight is 498 g/mol. The van der Waals surface area contributed by atoms with Crippen LogP contribution in [0.1, 0.15) is 28.0 Å². The second-order valence-electron chi connectivity index (χ2n) is 9.86. The Morgan fingerprint density at radius 2 is 1.78 bits per heavy atom. The molecule has 6 rings (SSSR count). The number of likely N-dealkylation sites (tertiary alicyclic amines) is 1. The van der Waals surface area contributed by atoms with E-state index in [0.29, 0.717) is 12.5 Å². The van der Waals surface area contributed by atoms with Crippen LogP contribution in [0.3, 0.4) is 0 Å². The van der Waals surface area contributed by atoms with E-state index in [4.69, 9.17) is 4.98 Å². The number of nitrogens with zero attached hydrogens (tertiary/aromatic N) is 3. The molecule has 2 saturated heterocycles. The van der Waals surface area contributed by atoms with Gasteiger partial charge in [0.05, 0.1) is 16.6 Å². The zero-order valence-corrected chi connectivity index (χ0v) is 21.3. The van der Waals surface area contributed by atoms with Gasteiger partial charge in [-0.1, -0.05) is 71.5 Å². The number of aryl methyl sites for hydroxylation is 2. The van der Waals surface area contributed by atoms with E-state index in [-0.39, 0.29) is 17.8 Å². The smallest absolute Gasteiger partial charge is 0.254 e. The van der Waals surface area contributed by atoms with Crippen molar-refractivity contribution in [1.29, 1.82) is 0 Å². The van der Waals surface area contributed by atoms with Crippen LogP contribution in [0.2, 0.25) is 0 Å². The van der Waals surface area contributed by atoms with Gasteiger partial charge in [-0.25, -0.2) is 9.37 Å². The molecule has 4 aromatic rings. The van der Waals surface area contributed by atoms with Crippen molar-refractivity contribution < 1.29 is 9.18 Å². The summed E-state index contributed by atoms with van der Waals surface area (Å²) in [6, 6.07) is 23.2. The molecule has 182 valence electrons. The lowest BCUT2D eigenvalue weighted by Gasteiger charge is -2.53. The van der Waals surface area contributed by atoms with Crippen LogP contribution in [0.15, 0.2) is 72.8 Å². The Bertz CT molecular complexity index is 1430. The molecule has 0 bridgehead atoms. The number of rotatable bonds is 4. The zero-order valence-electron chi connectivity index (χ0n) is 20.4. The molecule has 2 aliphatic heterocycles. The number of thiazole rings is 1. The van der Waals surface area contributed by atoms with Gasteiger partial charge < -0.3 is 9.80 Å². The van der Waals surface area contributed by atoms with Gasteiger partial charge in [0.15, 0.2) is 5.13 Å². The third kappa shape index (κ3) is 4.09. The minimum atomic E-state index is -0.238. The fourth-order valence-electron chi connectivity index (χ4n) is 5.48. The molecular formula is C30H28FN3OS. The zero-order chi connectivity index (χ0) is 24.8. The number of hydrogen-bond acceptors (Lipinski definition) is 4. The molecule has 6 heteroatoms. The Morgan fingerprint density at radius 3 is 2.58 bits per heavy atom. The molecular weight excluding hydrogens is 469 g/mol. The maximum absolute atomic E-state index is 13.8. The van der Waals surface area contributed by atoms with Gasteiger partial charge in [0.1, 0.15) is 5.82 Å². The van der Waals surface area contributed by atoms with Gasteiger partial charge in [0.2, 0.25) is 0 Å². The summed E-state index contributed by atoms with van der Waals surface area (Å²) in [6.45, 7) is 6.45. The van der Waals surface area contributed by atoms with Gasteiger partial charge in [0.25, 0.3) is 5.91 Å². The summed E-state index contributed by atoms with van der Waals surface area (Å²) in [5.74, 6) is 0.430. The number of anilines is 1. The molecule has 3 heterocycles. The molecule has 36 heavy (non-hydrogen) atoms. The van der Waals surface area contributed by atoms with E-state index >= 15 is 0 Å². The van der Waals surface area contributed by atoms with Crippen LogP contribution in [-0.4, -0.2) is 41.5 Å². The molecule has 2 unspecified atom stereocenters. The van der Waals surface area contributed by atoms with Crippen molar-refractivity contribution in [2.45, 2.75) is 26.3 Å². The number of benzene rings is 3. The predicted octanol–water partition coefficient (Wildman–Crippen LogP) is 6.58. The van der Waals surface area contributed by atoms with Gasteiger partial charge in [-0.05, 0) is 55.2 Å². The average Bonchev–Trinajstić information content (AvgIpc) is 3.25. The number of halogens is 1. The monoisotopic (exact) mass is 497 g/mol. The third-order valence-corrected chi connectivity index (χ3v) is 8.69. The summed E-state index contributed by atoms with van der Waals surface area (Å²) in [5.41, 5.74) is 5.67. The Hall–Kier alpha value is -3.51. The first-order valence-electron chi connectivity index (χ1n) is 12.4. The van der Waals surface area contributed by atoms with E-state index in [1.165, 1.54) is 6.07 Å². The van der Waals surface area contributed by atoms with Gasteiger partial charge in [-0.3, -0.25) is 4.79 Å². The molecule has 2 fully saturated rings. The Labute approximate surface area is 215 Å². The van der Waals surface area contributed by atoms with Crippen molar-refractivity contribution in [3.05, 3.63) is 95.4 Å². The highest BCUT2D eigenvalue weighted by Crippen LogP contribution is 2.42. The van der Waals surface area contributed by atoms with Crippen molar-refractivity contribution in [3.63, 3.8) is 0 Å². The fraction of sp³-hybridized carbons (Fsp3) is 0.267. The number of aromatic nitrogens is 1. The summed E-state index contributed by atoms with van der Waals surface area (Å²) in [5, 5.41) is 0.961. The first-order chi connectivity index (χ1) is 17.5. The quantitative estimate of drug-likeness (QED) is 0.319. The van der Waals surface area contributed by atoms with Gasteiger partial charge in [-0.2, -0.15) is 0 Å². The van der Waals surface area contributed by atoms with Gasteiger partial charge >= 0.3 is 0 Å². The minimum Gasteiger partial charge on any atom is -0.343 e. The van der Waals surface area contributed by atoms with Crippen molar-refractivity contribution in [1.82, 2.24) is 9.88 Å². The molecule has 3 aromatic carbocycles. The highest BCUT2D eigenvalue weighted by atomic mass is 32.1. The molecule has 0 N–H and O–H groups in total. The number of carbonyl (C=O) groups excluding carboxylic acids is 1. The van der Waals surface area contributed by atoms with E-state index in [9.17, 15) is 9.18 Å². The van der Waals surface area contributed by atoms with Crippen LogP contribution in [-0.2, 0) is 0 Å². The molecule has 0 aliphatic carbocycles. The van der Waals surface area contributed by atoms with Crippen molar-refractivity contribution in [2.24, 2.45) is 5.92 Å². The number of carbonyl (C=O) groups is 1. The topological polar surface area (TPSA) is 36.4 Å². The van der Waals surface area contributed by atoms with Crippen LogP contribution >= 0.6 is 11.3 Å². The molecule has 4 nitrogen and oxygen atoms in total. The standard InChI is InChI=1S/C30H28FN3OS/c1-19-11-12-25(21-7-4-3-5-8-21)26(15-19)29(35)33-14-13-23-17-34(27(23)18-33)30-32-20(2)28(36-30)22-9-6-10-24(31)16-22/h3-12,15-16,23,27H,13-14,17-18H2,1-2H3. The van der Waals surface area contributed by atoms with Crippen LogP contribution < -0.4 is 4.90 Å². The fourth-order valence-corrected chi connectivity index (χ4v) is 6.61. The largest absolute Gasteiger partial charge is 0.343 e. The summed E-state index contributed by atoms with van der Waals surface area (Å²) in [7, 11) is 0. The molecule has 0 saturated carbocycles. The Balaban J connectivity index is 1.24. The van der Waals surface area contributed by atoms with Crippen molar-refractivity contribution >= 4 is 22.4 Å². The second kappa shape index (κ2) is 9.17. The van der Waals surface area contributed by atoms with Crippen LogP contribution in [0.4, 0.5) is 9.52 Å². The van der Waals surface area contributed by atoms with Crippen molar-refractivity contribution in [3.8, 4) is 21.6 Å². The lowest BCUT2D eigenvalue weighted by Crippen LogP contribution is -2.65.